The number of aromatic amines is 1. The fourth-order valence-electron chi connectivity index (χ4n) is 4.48. The number of nitrogens with one attached hydrogen (secondary N) is 1. The lowest BCUT2D eigenvalue weighted by atomic mass is 10.0. The Morgan fingerprint density at radius 1 is 1.05 bits per heavy atom. The largest absolute Gasteiger partial charge is 0.334 e. The predicted molar refractivity (Wildman–Crippen MR) is 141 cm³/mol. The van der Waals surface area contributed by atoms with E-state index in [0.717, 1.165) is 59.7 Å². The van der Waals surface area contributed by atoms with Crippen molar-refractivity contribution in [3.8, 4) is 28.3 Å². The molecule has 0 saturated heterocycles. The van der Waals surface area contributed by atoms with Gasteiger partial charge >= 0.3 is 5.69 Å². The third kappa shape index (κ3) is 5.13. The highest BCUT2D eigenvalue weighted by atomic mass is 16.1. The summed E-state index contributed by atoms with van der Waals surface area (Å²) in [5.74, 6) is 1.74. The molecule has 5 rings (SSSR count). The molecule has 0 atom stereocenters. The average molecular weight is 498 g/mol. The Bertz CT molecular complexity index is 1510. The third-order valence-corrected chi connectivity index (χ3v) is 6.30. The molecule has 37 heavy (non-hydrogen) atoms. The molecule has 10 heteroatoms. The summed E-state index contributed by atoms with van der Waals surface area (Å²) in [4.78, 5) is 18.3. The van der Waals surface area contributed by atoms with Gasteiger partial charge in [0.2, 0.25) is 5.82 Å². The number of imidazole rings is 1. The molecule has 1 aromatic carbocycles. The number of benzene rings is 1. The van der Waals surface area contributed by atoms with E-state index in [0.29, 0.717) is 18.3 Å². The van der Waals surface area contributed by atoms with Gasteiger partial charge < -0.3 is 0 Å². The summed E-state index contributed by atoms with van der Waals surface area (Å²) >= 11 is 0. The van der Waals surface area contributed by atoms with Gasteiger partial charge in [-0.3, -0.25) is 14.1 Å². The van der Waals surface area contributed by atoms with Gasteiger partial charge in [0.05, 0.1) is 18.4 Å². The molecule has 0 unspecified atom stereocenters. The molecule has 4 heterocycles. The number of hydrogen-bond donors (Lipinski definition) is 1. The molecule has 0 radical (unpaired) electrons. The minimum Gasteiger partial charge on any atom is -0.290 e. The first kappa shape index (κ1) is 24.4. The third-order valence-electron chi connectivity index (χ3n) is 6.30. The Labute approximate surface area is 215 Å². The van der Waals surface area contributed by atoms with Crippen LogP contribution in [0.3, 0.4) is 0 Å². The fraction of sp³-hybridized carbons (Fsp3) is 0.333. The van der Waals surface area contributed by atoms with E-state index in [-0.39, 0.29) is 5.69 Å². The van der Waals surface area contributed by atoms with Crippen molar-refractivity contribution < 1.29 is 0 Å². The van der Waals surface area contributed by atoms with Gasteiger partial charge in [-0.05, 0) is 35.6 Å². The number of pyridine rings is 1. The van der Waals surface area contributed by atoms with Gasteiger partial charge in [0.15, 0.2) is 0 Å². The normalized spacial score (nSPS) is 11.5. The zero-order valence-electron chi connectivity index (χ0n) is 21.4. The highest BCUT2D eigenvalue weighted by Gasteiger charge is 2.17. The lowest BCUT2D eigenvalue weighted by Crippen LogP contribution is -2.26. The number of nitrogens with zero attached hydrogens (tertiary/aromatic N) is 8. The maximum Gasteiger partial charge on any atom is 0.334 e. The summed E-state index contributed by atoms with van der Waals surface area (Å²) in [5.41, 5.74) is 4.52. The average Bonchev–Trinajstić information content (AvgIpc) is 3.65. The molecule has 190 valence electrons. The molecule has 0 amide bonds. The smallest absolute Gasteiger partial charge is 0.290 e. The van der Waals surface area contributed by atoms with E-state index < -0.39 is 0 Å². The van der Waals surface area contributed by atoms with Crippen LogP contribution in [-0.4, -0.2) is 44.5 Å². The molecule has 0 aliphatic carbocycles. The van der Waals surface area contributed by atoms with Crippen LogP contribution >= 0.6 is 0 Å². The SMILES string of the molecule is CCCCc1cn(-c2ccnn2CC(C)C)c(=O)n1Cc1ccc(-c2ccccc2-c2nn[nH]n2)cn1. The Kier molecular flexibility index (Phi) is 7.07. The van der Waals surface area contributed by atoms with Gasteiger partial charge in [0.25, 0.3) is 0 Å². The number of tetrazole rings is 1. The van der Waals surface area contributed by atoms with E-state index >= 15 is 0 Å². The van der Waals surface area contributed by atoms with Crippen molar-refractivity contribution in [2.45, 2.75) is 53.1 Å². The lowest BCUT2D eigenvalue weighted by Gasteiger charge is -2.10. The summed E-state index contributed by atoms with van der Waals surface area (Å²) in [6.45, 7) is 7.59. The van der Waals surface area contributed by atoms with Crippen LogP contribution in [0.15, 0.2) is 65.8 Å². The molecule has 0 aliphatic rings. The summed E-state index contributed by atoms with van der Waals surface area (Å²) in [6, 6.07) is 13.8. The van der Waals surface area contributed by atoms with Gasteiger partial charge in [0.1, 0.15) is 5.82 Å². The van der Waals surface area contributed by atoms with E-state index in [9.17, 15) is 4.79 Å². The van der Waals surface area contributed by atoms with Crippen LogP contribution in [0, 0.1) is 5.92 Å². The van der Waals surface area contributed by atoms with Crippen molar-refractivity contribution in [1.29, 1.82) is 0 Å². The van der Waals surface area contributed by atoms with Gasteiger partial charge in [-0.1, -0.05) is 57.5 Å². The zero-order chi connectivity index (χ0) is 25.8. The fourth-order valence-corrected chi connectivity index (χ4v) is 4.48. The van der Waals surface area contributed by atoms with E-state index in [1.807, 2.05) is 64.1 Å². The van der Waals surface area contributed by atoms with Crippen LogP contribution in [0.5, 0.6) is 0 Å². The number of H-pyrrole nitrogens is 1. The molecule has 0 saturated carbocycles. The number of aryl methyl sites for hydroxylation is 1. The standard InChI is InChI=1S/C27H31N9O/c1-4-5-8-22-18-35(25-13-14-29-36(25)16-19(2)3)27(37)34(22)17-21-12-11-20(15-28-21)23-9-6-7-10-24(23)26-30-32-33-31-26/h6-7,9-15,18-19H,4-5,8,16-17H2,1-3H3,(H,30,31,32,33). The molecule has 5 aromatic rings. The van der Waals surface area contributed by atoms with Crippen molar-refractivity contribution in [2.24, 2.45) is 5.92 Å². The quantitative estimate of drug-likeness (QED) is 0.311. The number of hydrogen-bond acceptors (Lipinski definition) is 6. The van der Waals surface area contributed by atoms with Crippen molar-refractivity contribution in [3.05, 3.63) is 82.9 Å². The second-order valence-electron chi connectivity index (χ2n) is 9.55. The molecular formula is C27H31N9O. The Morgan fingerprint density at radius 2 is 1.89 bits per heavy atom. The van der Waals surface area contributed by atoms with Gasteiger partial charge in [-0.15, -0.1) is 10.2 Å². The zero-order valence-corrected chi connectivity index (χ0v) is 21.4. The maximum atomic E-state index is 13.6. The second kappa shape index (κ2) is 10.7. The van der Waals surface area contributed by atoms with E-state index in [1.165, 1.54) is 0 Å². The molecule has 1 N–H and O–H groups in total. The second-order valence-corrected chi connectivity index (χ2v) is 9.55. The van der Waals surface area contributed by atoms with Crippen molar-refractivity contribution in [2.75, 3.05) is 0 Å². The van der Waals surface area contributed by atoms with E-state index in [4.69, 9.17) is 4.98 Å². The molecule has 4 aromatic heterocycles. The molecule has 0 spiro atoms. The predicted octanol–water partition coefficient (Wildman–Crippen LogP) is 4.12. The van der Waals surface area contributed by atoms with E-state index in [2.05, 4.69) is 46.5 Å². The minimum absolute atomic E-state index is 0.0788. The number of aromatic nitrogens is 9. The Balaban J connectivity index is 1.46. The first-order chi connectivity index (χ1) is 18.0. The highest BCUT2D eigenvalue weighted by molar-refractivity contribution is 5.79. The number of unbranched alkanes of at least 4 members (excludes halogenated alkanes) is 1. The lowest BCUT2D eigenvalue weighted by molar-refractivity contribution is 0.475. The monoisotopic (exact) mass is 497 g/mol. The highest BCUT2D eigenvalue weighted by Crippen LogP contribution is 2.29. The summed E-state index contributed by atoms with van der Waals surface area (Å²) in [5, 5.41) is 18.9. The molecule has 0 bridgehead atoms. The summed E-state index contributed by atoms with van der Waals surface area (Å²) in [7, 11) is 0. The van der Waals surface area contributed by atoms with Crippen LogP contribution in [0.2, 0.25) is 0 Å². The van der Waals surface area contributed by atoms with Crippen LogP contribution in [0.1, 0.15) is 45.0 Å². The summed E-state index contributed by atoms with van der Waals surface area (Å²) in [6.07, 6.45) is 8.43. The summed E-state index contributed by atoms with van der Waals surface area (Å²) < 4.78 is 5.45. The maximum absolute atomic E-state index is 13.6. The molecule has 10 nitrogen and oxygen atoms in total. The first-order valence-electron chi connectivity index (χ1n) is 12.7. The Hall–Kier alpha value is -4.34. The van der Waals surface area contributed by atoms with Gasteiger partial charge in [-0.25, -0.2) is 9.48 Å². The first-order valence-corrected chi connectivity index (χ1v) is 12.7. The molecule has 0 aliphatic heterocycles. The van der Waals surface area contributed by atoms with Gasteiger partial charge in [0, 0.05) is 41.8 Å². The van der Waals surface area contributed by atoms with E-state index in [1.54, 1.807) is 10.8 Å². The number of rotatable bonds is 10. The molecular weight excluding hydrogens is 466 g/mol. The minimum atomic E-state index is -0.0788. The van der Waals surface area contributed by atoms with Crippen LogP contribution < -0.4 is 5.69 Å². The van der Waals surface area contributed by atoms with Gasteiger partial charge in [-0.2, -0.15) is 10.3 Å². The Morgan fingerprint density at radius 3 is 2.59 bits per heavy atom. The van der Waals surface area contributed by atoms with Crippen molar-refractivity contribution in [3.63, 3.8) is 0 Å². The van der Waals surface area contributed by atoms with Crippen molar-refractivity contribution >= 4 is 0 Å². The van der Waals surface area contributed by atoms with Crippen LogP contribution in [0.25, 0.3) is 28.3 Å². The van der Waals surface area contributed by atoms with Crippen LogP contribution in [0.4, 0.5) is 0 Å². The molecule has 0 fully saturated rings. The topological polar surface area (TPSA) is 112 Å². The van der Waals surface area contributed by atoms with Crippen molar-refractivity contribution in [1.82, 2.24) is 44.5 Å². The van der Waals surface area contributed by atoms with Crippen LogP contribution in [-0.2, 0) is 19.5 Å².